The van der Waals surface area contributed by atoms with E-state index in [-0.39, 0.29) is 62.9 Å². The van der Waals surface area contributed by atoms with Crippen molar-refractivity contribution >= 4 is 64.3 Å². The molecule has 306 valence electrons. The van der Waals surface area contributed by atoms with Crippen LogP contribution in [0.3, 0.4) is 0 Å². The van der Waals surface area contributed by atoms with Gasteiger partial charge in [0, 0.05) is 23.4 Å². The van der Waals surface area contributed by atoms with E-state index in [1.54, 1.807) is 12.1 Å². The molecule has 3 aromatic rings. The Morgan fingerprint density at radius 3 is 1.32 bits per heavy atom. The van der Waals surface area contributed by atoms with Crippen molar-refractivity contribution < 1.29 is 62.0 Å². The van der Waals surface area contributed by atoms with E-state index in [4.69, 9.17) is 26.9 Å². The molecule has 3 aliphatic rings. The van der Waals surface area contributed by atoms with Crippen LogP contribution in [-0.4, -0.2) is 57.3 Å². The molecule has 6 rings (SSSR count). The lowest BCUT2D eigenvalue weighted by Crippen LogP contribution is -2.23. The molecule has 3 aromatic carbocycles. The van der Waals surface area contributed by atoms with Crippen molar-refractivity contribution in [3.63, 3.8) is 0 Å². The van der Waals surface area contributed by atoms with Gasteiger partial charge in [-0.05, 0) is 99.2 Å². The van der Waals surface area contributed by atoms with Gasteiger partial charge in [0.15, 0.2) is 5.75 Å². The number of hydrogen-bond donors (Lipinski definition) is 6. The molecule has 3 saturated carbocycles. The van der Waals surface area contributed by atoms with Crippen molar-refractivity contribution in [3.8, 4) is 5.75 Å². The second-order valence-corrected chi connectivity index (χ2v) is 14.3. The summed E-state index contributed by atoms with van der Waals surface area (Å²) >= 11 is 5.95. The number of carbonyl (C=O) groups excluding carboxylic acids is 3. The van der Waals surface area contributed by atoms with Crippen molar-refractivity contribution in [2.75, 3.05) is 16.0 Å². The Balaban J connectivity index is 0.000000191. The number of carboxylic acid groups (broad SMARTS) is 3. The Morgan fingerprint density at radius 2 is 0.912 bits per heavy atom. The van der Waals surface area contributed by atoms with Gasteiger partial charge in [-0.1, -0.05) is 50.1 Å². The Labute approximate surface area is 330 Å². The molecule has 0 bridgehead atoms. The number of rotatable bonds is 10. The summed E-state index contributed by atoms with van der Waals surface area (Å²) in [6.45, 7) is 0. The predicted octanol–water partition coefficient (Wildman–Crippen LogP) is 9.09. The molecule has 3 aliphatic carbocycles. The molecule has 0 aliphatic heterocycles. The number of ether oxygens (including phenoxy) is 1. The monoisotopic (exact) mass is 817 g/mol. The molecule has 17 heteroatoms. The van der Waals surface area contributed by atoms with Gasteiger partial charge in [0.05, 0.1) is 33.1 Å². The van der Waals surface area contributed by atoms with Gasteiger partial charge in [0.2, 0.25) is 17.7 Å². The average Bonchev–Trinajstić information content (AvgIpc) is 3.98. The van der Waals surface area contributed by atoms with Crippen LogP contribution in [0, 0.1) is 17.8 Å². The zero-order valence-electron chi connectivity index (χ0n) is 30.7. The topological polar surface area (TPSA) is 208 Å². The number of carbonyl (C=O) groups is 6. The highest BCUT2D eigenvalue weighted by atomic mass is 35.5. The number of nitrogens with one attached hydrogen (secondary N) is 3. The number of carboxylic acids is 3. The highest BCUT2D eigenvalue weighted by molar-refractivity contribution is 6.34. The fraction of sp³-hybridized carbons (Fsp3) is 0.400. The molecule has 13 nitrogen and oxygen atoms in total. The highest BCUT2D eigenvalue weighted by Gasteiger charge is 2.33. The summed E-state index contributed by atoms with van der Waals surface area (Å²) in [5.41, 5.74) is 0.908. The van der Waals surface area contributed by atoms with E-state index in [9.17, 15) is 41.9 Å². The van der Waals surface area contributed by atoms with E-state index < -0.39 is 30.0 Å². The van der Waals surface area contributed by atoms with Gasteiger partial charge in [-0.25, -0.2) is 14.4 Å². The number of aromatic carboxylic acids is 3. The molecule has 0 heterocycles. The van der Waals surface area contributed by atoms with Crippen LogP contribution >= 0.6 is 11.6 Å². The van der Waals surface area contributed by atoms with Crippen molar-refractivity contribution in [1.82, 2.24) is 0 Å². The predicted molar refractivity (Wildman–Crippen MR) is 204 cm³/mol. The van der Waals surface area contributed by atoms with E-state index >= 15 is 0 Å². The third kappa shape index (κ3) is 13.8. The first-order chi connectivity index (χ1) is 27.0. The van der Waals surface area contributed by atoms with Crippen molar-refractivity contribution in [1.29, 1.82) is 0 Å². The van der Waals surface area contributed by atoms with Gasteiger partial charge >= 0.3 is 24.3 Å². The standard InChI is InChI=1S/C14H14F3NO4.C13H14ClNO3.C13H15NO3/c15-14(16,17)22-11-7-9(13(20)21)5-6-10(11)18-12(19)8-3-1-2-4-8;14-10-7-9(13(17)18)5-6-11(10)15-12(16)8-3-1-2-4-8;15-12(9-3-1-2-4-9)14-11-7-5-10(6-8-11)13(16)17/h5-8H,1-4H2,(H,18,19)(H,20,21);5-8H,1-4H2,(H,15,16)(H,17,18);5-9H,1-4H2,(H,14,15)(H,16,17). The second kappa shape index (κ2) is 20.5. The normalized spacial score (nSPS) is 15.6. The molecule has 3 fully saturated rings. The van der Waals surface area contributed by atoms with Crippen LogP contribution in [0.2, 0.25) is 5.02 Å². The first-order valence-corrected chi connectivity index (χ1v) is 18.8. The Bertz CT molecular complexity index is 1920. The average molecular weight is 818 g/mol. The fourth-order valence-corrected chi connectivity index (χ4v) is 6.92. The lowest BCUT2D eigenvalue weighted by molar-refractivity contribution is -0.274. The van der Waals surface area contributed by atoms with Crippen molar-refractivity contribution in [2.45, 2.75) is 83.4 Å². The number of halogens is 4. The summed E-state index contributed by atoms with van der Waals surface area (Å²) in [5.74, 6) is -4.55. The molecule has 0 unspecified atom stereocenters. The van der Waals surface area contributed by atoms with Gasteiger partial charge in [-0.3, -0.25) is 14.4 Å². The van der Waals surface area contributed by atoms with Crippen molar-refractivity contribution in [3.05, 3.63) is 82.4 Å². The van der Waals surface area contributed by atoms with E-state index in [1.165, 1.54) is 30.3 Å². The van der Waals surface area contributed by atoms with Crippen LogP contribution in [0.5, 0.6) is 5.75 Å². The molecule has 6 N–H and O–H groups in total. The quantitative estimate of drug-likeness (QED) is 0.114. The lowest BCUT2D eigenvalue weighted by Gasteiger charge is -2.16. The van der Waals surface area contributed by atoms with E-state index in [1.807, 2.05) is 0 Å². The van der Waals surface area contributed by atoms with Crippen LogP contribution in [0.15, 0.2) is 60.7 Å². The maximum absolute atomic E-state index is 12.4. The molecule has 0 radical (unpaired) electrons. The number of hydrogen-bond acceptors (Lipinski definition) is 7. The third-order valence-corrected chi connectivity index (χ3v) is 10.1. The summed E-state index contributed by atoms with van der Waals surface area (Å²) in [7, 11) is 0. The number of amides is 3. The highest BCUT2D eigenvalue weighted by Crippen LogP contribution is 2.34. The molecular formula is C40H43ClF3N3O10. The van der Waals surface area contributed by atoms with Gasteiger partial charge in [0.25, 0.3) is 0 Å². The number of anilines is 3. The third-order valence-electron chi connectivity index (χ3n) is 9.76. The van der Waals surface area contributed by atoms with Crippen LogP contribution in [-0.2, 0) is 14.4 Å². The lowest BCUT2D eigenvalue weighted by atomic mass is 10.1. The Kier molecular flexibility index (Phi) is 15.9. The Morgan fingerprint density at radius 1 is 0.544 bits per heavy atom. The minimum atomic E-state index is -4.98. The first kappa shape index (κ1) is 44.1. The zero-order chi connectivity index (χ0) is 41.7. The summed E-state index contributed by atoms with van der Waals surface area (Å²) in [5, 5.41) is 34.6. The number of benzene rings is 3. The smallest absolute Gasteiger partial charge is 0.478 e. The van der Waals surface area contributed by atoms with Crippen molar-refractivity contribution in [2.24, 2.45) is 17.8 Å². The largest absolute Gasteiger partial charge is 0.573 e. The maximum Gasteiger partial charge on any atom is 0.573 e. The van der Waals surface area contributed by atoms with Gasteiger partial charge < -0.3 is 36.0 Å². The molecule has 0 spiro atoms. The van der Waals surface area contributed by atoms with Crippen LogP contribution < -0.4 is 20.7 Å². The van der Waals surface area contributed by atoms with Crippen LogP contribution in [0.25, 0.3) is 0 Å². The van der Waals surface area contributed by atoms with Crippen LogP contribution in [0.4, 0.5) is 30.2 Å². The van der Waals surface area contributed by atoms with Gasteiger partial charge in [-0.2, -0.15) is 0 Å². The summed E-state index contributed by atoms with van der Waals surface area (Å²) in [6, 6.07) is 13.5. The van der Waals surface area contributed by atoms with Crippen LogP contribution in [0.1, 0.15) is 108 Å². The first-order valence-electron chi connectivity index (χ1n) is 18.4. The molecular weight excluding hydrogens is 775 g/mol. The minimum Gasteiger partial charge on any atom is -0.478 e. The minimum absolute atomic E-state index is 0.0301. The maximum atomic E-state index is 12.4. The second-order valence-electron chi connectivity index (χ2n) is 13.9. The summed E-state index contributed by atoms with van der Waals surface area (Å²) < 4.78 is 41.0. The van der Waals surface area contributed by atoms with E-state index in [0.29, 0.717) is 24.2 Å². The summed E-state index contributed by atoms with van der Waals surface area (Å²) in [6.07, 6.45) is 6.36. The van der Waals surface area contributed by atoms with Gasteiger partial charge in [-0.15, -0.1) is 13.2 Å². The summed E-state index contributed by atoms with van der Waals surface area (Å²) in [4.78, 5) is 67.9. The van der Waals surface area contributed by atoms with E-state index in [2.05, 4.69) is 20.7 Å². The molecule has 0 saturated heterocycles. The fourth-order valence-electron chi connectivity index (χ4n) is 6.69. The molecule has 57 heavy (non-hydrogen) atoms. The molecule has 3 amide bonds. The van der Waals surface area contributed by atoms with E-state index in [0.717, 1.165) is 82.4 Å². The number of alkyl halides is 3. The Hall–Kier alpha value is -5.64. The van der Waals surface area contributed by atoms with Gasteiger partial charge in [0.1, 0.15) is 0 Å². The molecule has 0 aromatic heterocycles. The zero-order valence-corrected chi connectivity index (χ0v) is 31.5. The molecule has 0 atom stereocenters. The SMILES string of the molecule is O=C(O)c1ccc(NC(=O)C2CCCC2)c(Cl)c1.O=C(O)c1ccc(NC(=O)C2CCCC2)c(OC(F)(F)F)c1.O=C(O)c1ccc(NC(=O)C2CCCC2)cc1.